The Hall–Kier alpha value is -0.210. The van der Waals surface area contributed by atoms with Crippen LogP contribution in [0.15, 0.2) is 0 Å². The third-order valence-corrected chi connectivity index (χ3v) is 6.17. The lowest BCUT2D eigenvalue weighted by Gasteiger charge is -2.40. The lowest BCUT2D eigenvalue weighted by molar-refractivity contribution is -0.178. The van der Waals surface area contributed by atoms with E-state index in [-0.39, 0.29) is 18.4 Å². The maximum absolute atomic E-state index is 12.4. The van der Waals surface area contributed by atoms with Crippen LogP contribution in [0.1, 0.15) is 19.3 Å². The van der Waals surface area contributed by atoms with Gasteiger partial charge in [-0.1, -0.05) is 0 Å². The van der Waals surface area contributed by atoms with Crippen LogP contribution in [0.4, 0.5) is 0 Å². The Morgan fingerprint density at radius 1 is 1.37 bits per heavy atom. The predicted octanol–water partition coefficient (Wildman–Crippen LogP) is -0.0688. The molecule has 7 heteroatoms. The van der Waals surface area contributed by atoms with E-state index in [1.165, 1.54) is 7.11 Å². The summed E-state index contributed by atoms with van der Waals surface area (Å²) in [5.74, 6) is -0.638. The second-order valence-electron chi connectivity index (χ2n) is 5.14. The first kappa shape index (κ1) is 15.2. The monoisotopic (exact) mass is 293 g/mol. The van der Waals surface area contributed by atoms with Crippen LogP contribution in [0.5, 0.6) is 0 Å². The molecule has 1 aliphatic heterocycles. The van der Waals surface area contributed by atoms with Gasteiger partial charge in [-0.15, -0.1) is 0 Å². The summed E-state index contributed by atoms with van der Waals surface area (Å²) in [6, 6.07) is -0.0414. The third-order valence-electron chi connectivity index (χ3n) is 4.01. The van der Waals surface area contributed by atoms with Crippen molar-refractivity contribution in [3.05, 3.63) is 0 Å². The van der Waals surface area contributed by atoms with Gasteiger partial charge in [-0.2, -0.15) is 0 Å². The average Bonchev–Trinajstić information content (AvgIpc) is 2.85. The number of sulfone groups is 1. The van der Waals surface area contributed by atoms with Gasteiger partial charge in [0.25, 0.3) is 0 Å². The van der Waals surface area contributed by atoms with E-state index in [0.717, 1.165) is 12.8 Å². The zero-order valence-electron chi connectivity index (χ0n) is 11.6. The van der Waals surface area contributed by atoms with Gasteiger partial charge in [0.1, 0.15) is 0 Å². The number of hydrogen-bond acceptors (Lipinski definition) is 6. The molecule has 2 unspecified atom stereocenters. The topological polar surface area (TPSA) is 73.9 Å². The summed E-state index contributed by atoms with van der Waals surface area (Å²) < 4.78 is 41.1. The third kappa shape index (κ3) is 3.28. The summed E-state index contributed by atoms with van der Waals surface area (Å²) in [6.07, 6.45) is 1.90. The highest BCUT2D eigenvalue weighted by Gasteiger charge is 2.48. The highest BCUT2D eigenvalue weighted by Crippen LogP contribution is 2.38. The van der Waals surface area contributed by atoms with Crippen LogP contribution in [0, 0.1) is 0 Å². The quantitative estimate of drug-likeness (QED) is 0.765. The van der Waals surface area contributed by atoms with Crippen LogP contribution in [0.3, 0.4) is 0 Å². The normalized spacial score (nSPS) is 30.8. The van der Waals surface area contributed by atoms with Crippen molar-refractivity contribution >= 4 is 9.84 Å². The van der Waals surface area contributed by atoms with Gasteiger partial charge in [0.15, 0.2) is 15.6 Å². The van der Waals surface area contributed by atoms with Crippen molar-refractivity contribution in [3.63, 3.8) is 0 Å². The molecule has 0 radical (unpaired) electrons. The molecule has 6 nitrogen and oxygen atoms in total. The van der Waals surface area contributed by atoms with Gasteiger partial charge in [0.05, 0.1) is 30.8 Å². The van der Waals surface area contributed by atoms with Crippen LogP contribution in [0.25, 0.3) is 0 Å². The molecule has 1 spiro atoms. The molecule has 2 fully saturated rings. The number of rotatable bonds is 5. The number of hydrogen-bond donors (Lipinski definition) is 1. The SMILES string of the molecule is CNC1CCC2(CC1S(=O)(=O)CCOC)OCCO2. The Labute approximate surface area is 114 Å². The Kier molecular flexibility index (Phi) is 4.84. The first-order chi connectivity index (χ1) is 9.03. The Morgan fingerprint density at radius 3 is 2.63 bits per heavy atom. The van der Waals surface area contributed by atoms with Crippen molar-refractivity contribution in [2.24, 2.45) is 0 Å². The second-order valence-corrected chi connectivity index (χ2v) is 7.48. The van der Waals surface area contributed by atoms with Gasteiger partial charge in [-0.3, -0.25) is 0 Å². The molecule has 19 heavy (non-hydrogen) atoms. The van der Waals surface area contributed by atoms with Crippen LogP contribution in [-0.4, -0.2) is 65.2 Å². The van der Waals surface area contributed by atoms with E-state index in [2.05, 4.69) is 5.32 Å². The number of methoxy groups -OCH3 is 1. The molecule has 1 heterocycles. The summed E-state index contributed by atoms with van der Waals surface area (Å²) in [5, 5.41) is 2.64. The predicted molar refractivity (Wildman–Crippen MR) is 70.8 cm³/mol. The largest absolute Gasteiger partial charge is 0.384 e. The number of nitrogens with one attached hydrogen (secondary N) is 1. The van der Waals surface area contributed by atoms with E-state index in [0.29, 0.717) is 19.6 Å². The van der Waals surface area contributed by atoms with E-state index in [1.807, 2.05) is 0 Å². The molecule has 2 rings (SSSR count). The molecular weight excluding hydrogens is 270 g/mol. The van der Waals surface area contributed by atoms with Crippen LogP contribution < -0.4 is 5.32 Å². The standard InChI is InChI=1S/C12H23NO5S/c1-13-10-3-4-12(17-5-6-18-12)9-11(10)19(14,15)8-7-16-2/h10-11,13H,3-9H2,1-2H3. The lowest BCUT2D eigenvalue weighted by atomic mass is 9.89. The zero-order valence-corrected chi connectivity index (χ0v) is 12.4. The molecule has 0 bridgehead atoms. The Bertz CT molecular complexity index is 391. The van der Waals surface area contributed by atoms with Gasteiger partial charge in [-0.05, 0) is 13.5 Å². The fourth-order valence-corrected chi connectivity index (χ4v) is 4.91. The van der Waals surface area contributed by atoms with Gasteiger partial charge >= 0.3 is 0 Å². The van der Waals surface area contributed by atoms with Crippen LogP contribution in [0.2, 0.25) is 0 Å². The summed E-state index contributed by atoms with van der Waals surface area (Å²) >= 11 is 0. The van der Waals surface area contributed by atoms with Crippen molar-refractivity contribution < 1.29 is 22.6 Å². The van der Waals surface area contributed by atoms with Gasteiger partial charge in [-0.25, -0.2) is 8.42 Å². The molecule has 2 aliphatic rings. The molecule has 0 aromatic heterocycles. The fourth-order valence-electron chi connectivity index (χ4n) is 2.93. The molecule has 0 aromatic rings. The molecule has 1 saturated carbocycles. The Morgan fingerprint density at radius 2 is 2.05 bits per heavy atom. The van der Waals surface area contributed by atoms with Crippen LogP contribution >= 0.6 is 0 Å². The van der Waals surface area contributed by atoms with Crippen molar-refractivity contribution in [3.8, 4) is 0 Å². The maximum Gasteiger partial charge on any atom is 0.169 e. The molecule has 1 saturated heterocycles. The average molecular weight is 293 g/mol. The highest BCUT2D eigenvalue weighted by molar-refractivity contribution is 7.92. The molecule has 1 N–H and O–H groups in total. The fraction of sp³-hybridized carbons (Fsp3) is 1.00. The Balaban J connectivity index is 2.13. The highest BCUT2D eigenvalue weighted by atomic mass is 32.2. The summed E-state index contributed by atoms with van der Waals surface area (Å²) in [7, 11) is 0.0963. The van der Waals surface area contributed by atoms with E-state index >= 15 is 0 Å². The summed E-state index contributed by atoms with van der Waals surface area (Å²) in [6.45, 7) is 1.33. The van der Waals surface area contributed by atoms with Crippen molar-refractivity contribution in [1.82, 2.24) is 5.32 Å². The minimum absolute atomic E-state index is 0.0414. The molecule has 1 aliphatic carbocycles. The van der Waals surface area contributed by atoms with Crippen molar-refractivity contribution in [2.75, 3.05) is 39.7 Å². The molecule has 112 valence electrons. The summed E-state index contributed by atoms with van der Waals surface area (Å²) in [4.78, 5) is 0. The minimum Gasteiger partial charge on any atom is -0.384 e. The summed E-state index contributed by atoms with van der Waals surface area (Å²) in [5.41, 5.74) is 0. The van der Waals surface area contributed by atoms with Gasteiger partial charge in [0.2, 0.25) is 0 Å². The van der Waals surface area contributed by atoms with E-state index in [1.54, 1.807) is 7.05 Å². The zero-order chi connectivity index (χ0) is 13.9. The molecule has 0 aromatic carbocycles. The molecule has 2 atom stereocenters. The van der Waals surface area contributed by atoms with Gasteiger partial charge in [0, 0.05) is 26.0 Å². The van der Waals surface area contributed by atoms with Crippen molar-refractivity contribution in [2.45, 2.75) is 36.3 Å². The van der Waals surface area contributed by atoms with E-state index in [4.69, 9.17) is 14.2 Å². The lowest BCUT2D eigenvalue weighted by Crippen LogP contribution is -2.53. The second kappa shape index (κ2) is 6.05. The maximum atomic E-state index is 12.4. The first-order valence-corrected chi connectivity index (χ1v) is 8.40. The van der Waals surface area contributed by atoms with Gasteiger partial charge < -0.3 is 19.5 Å². The molecule has 0 amide bonds. The molecular formula is C12H23NO5S. The minimum atomic E-state index is -3.22. The van der Waals surface area contributed by atoms with Crippen molar-refractivity contribution in [1.29, 1.82) is 0 Å². The first-order valence-electron chi connectivity index (χ1n) is 6.69. The van der Waals surface area contributed by atoms with E-state index < -0.39 is 20.9 Å². The number of ether oxygens (including phenoxy) is 3. The smallest absolute Gasteiger partial charge is 0.169 e. The van der Waals surface area contributed by atoms with Crippen LogP contribution in [-0.2, 0) is 24.0 Å². The van der Waals surface area contributed by atoms with E-state index in [9.17, 15) is 8.42 Å².